The minimum Gasteiger partial charge on any atom is -0.478 e. The monoisotopic (exact) mass is 256 g/mol. The highest BCUT2D eigenvalue weighted by Gasteiger charge is 2.08. The number of nitrogens with zero attached hydrogens (tertiary/aromatic N) is 1. The molecule has 0 saturated heterocycles. The van der Waals surface area contributed by atoms with Gasteiger partial charge in [-0.15, -0.1) is 0 Å². The third kappa shape index (κ3) is 3.38. The molecule has 0 aliphatic carbocycles. The van der Waals surface area contributed by atoms with Gasteiger partial charge in [-0.1, -0.05) is 6.07 Å². The fourth-order valence-electron chi connectivity index (χ4n) is 1.58. The average Bonchev–Trinajstić information content (AvgIpc) is 2.46. The summed E-state index contributed by atoms with van der Waals surface area (Å²) >= 11 is 0. The number of carbonyl (C=O) groups is 2. The van der Waals surface area contributed by atoms with Crippen LogP contribution in [0.2, 0.25) is 0 Å². The summed E-state index contributed by atoms with van der Waals surface area (Å²) in [5.41, 5.74) is 1.35. The van der Waals surface area contributed by atoms with Gasteiger partial charge < -0.3 is 10.4 Å². The van der Waals surface area contributed by atoms with Gasteiger partial charge in [0.2, 0.25) is 0 Å². The number of carboxylic acid groups (broad SMARTS) is 1. The minimum absolute atomic E-state index is 0.0940. The third-order valence-electron chi connectivity index (χ3n) is 2.57. The molecule has 1 aromatic carbocycles. The van der Waals surface area contributed by atoms with Gasteiger partial charge in [-0.05, 0) is 35.9 Å². The largest absolute Gasteiger partial charge is 0.478 e. The molecule has 1 heterocycles. The van der Waals surface area contributed by atoms with Crippen molar-refractivity contribution in [2.75, 3.05) is 0 Å². The number of hydrogen-bond donors (Lipinski definition) is 2. The van der Waals surface area contributed by atoms with Crippen molar-refractivity contribution >= 4 is 11.9 Å². The Morgan fingerprint density at radius 3 is 2.47 bits per heavy atom. The second kappa shape index (κ2) is 5.77. The van der Waals surface area contributed by atoms with E-state index in [0.717, 1.165) is 5.56 Å². The topological polar surface area (TPSA) is 79.3 Å². The van der Waals surface area contributed by atoms with Crippen molar-refractivity contribution in [1.29, 1.82) is 0 Å². The Balaban J connectivity index is 2.04. The summed E-state index contributed by atoms with van der Waals surface area (Å²) in [5.74, 6) is -1.36. The van der Waals surface area contributed by atoms with E-state index in [1.165, 1.54) is 12.1 Å². The molecule has 0 saturated carbocycles. The molecular weight excluding hydrogens is 244 g/mol. The molecule has 0 atom stereocenters. The van der Waals surface area contributed by atoms with E-state index >= 15 is 0 Å². The van der Waals surface area contributed by atoms with E-state index in [1.807, 2.05) is 0 Å². The summed E-state index contributed by atoms with van der Waals surface area (Å²) in [4.78, 5) is 26.6. The fraction of sp³-hybridized carbons (Fsp3) is 0.0714. The van der Waals surface area contributed by atoms with Gasteiger partial charge in [-0.2, -0.15) is 0 Å². The van der Waals surface area contributed by atoms with E-state index in [1.54, 1.807) is 36.7 Å². The summed E-state index contributed by atoms with van der Waals surface area (Å²) in [7, 11) is 0. The number of rotatable bonds is 4. The molecule has 96 valence electrons. The van der Waals surface area contributed by atoms with Gasteiger partial charge in [-0.3, -0.25) is 9.78 Å². The Hall–Kier alpha value is -2.69. The van der Waals surface area contributed by atoms with Crippen LogP contribution in [-0.2, 0) is 6.54 Å². The van der Waals surface area contributed by atoms with Crippen LogP contribution in [0.5, 0.6) is 0 Å². The predicted molar refractivity (Wildman–Crippen MR) is 68.8 cm³/mol. The number of aromatic nitrogens is 1. The molecule has 0 aliphatic heterocycles. The van der Waals surface area contributed by atoms with Crippen molar-refractivity contribution in [3.05, 3.63) is 65.5 Å². The zero-order valence-electron chi connectivity index (χ0n) is 10.0. The Morgan fingerprint density at radius 2 is 1.79 bits per heavy atom. The summed E-state index contributed by atoms with van der Waals surface area (Å²) in [6, 6.07) is 9.52. The first-order valence-corrected chi connectivity index (χ1v) is 5.67. The lowest BCUT2D eigenvalue weighted by Crippen LogP contribution is -2.23. The van der Waals surface area contributed by atoms with Gasteiger partial charge in [0.25, 0.3) is 5.91 Å². The van der Waals surface area contributed by atoms with Crippen LogP contribution in [0.25, 0.3) is 0 Å². The molecule has 0 bridgehead atoms. The Morgan fingerprint density at radius 1 is 1.11 bits per heavy atom. The number of carboxylic acids is 1. The first kappa shape index (κ1) is 12.8. The molecule has 2 rings (SSSR count). The van der Waals surface area contributed by atoms with E-state index in [4.69, 9.17) is 5.11 Å². The summed E-state index contributed by atoms with van der Waals surface area (Å²) in [6.45, 7) is 0.374. The van der Waals surface area contributed by atoms with Gasteiger partial charge >= 0.3 is 5.97 Å². The first-order valence-electron chi connectivity index (χ1n) is 5.67. The highest BCUT2D eigenvalue weighted by atomic mass is 16.4. The van der Waals surface area contributed by atoms with Crippen LogP contribution < -0.4 is 5.32 Å². The van der Waals surface area contributed by atoms with Crippen molar-refractivity contribution < 1.29 is 14.7 Å². The van der Waals surface area contributed by atoms with Gasteiger partial charge in [0.15, 0.2) is 0 Å². The molecule has 5 heteroatoms. The lowest BCUT2D eigenvalue weighted by Gasteiger charge is -2.05. The number of nitrogens with one attached hydrogen (secondary N) is 1. The van der Waals surface area contributed by atoms with Crippen molar-refractivity contribution in [3.63, 3.8) is 0 Å². The Labute approximate surface area is 109 Å². The Bertz CT molecular complexity index is 597. The molecule has 0 fully saturated rings. The zero-order valence-corrected chi connectivity index (χ0v) is 10.0. The Kier molecular flexibility index (Phi) is 3.87. The fourth-order valence-corrected chi connectivity index (χ4v) is 1.58. The summed E-state index contributed by atoms with van der Waals surface area (Å²) in [5, 5.41) is 11.6. The highest BCUT2D eigenvalue weighted by molar-refractivity contribution is 5.97. The number of carbonyl (C=O) groups excluding carboxylic acids is 1. The van der Waals surface area contributed by atoms with Crippen molar-refractivity contribution in [1.82, 2.24) is 10.3 Å². The molecule has 2 aromatic rings. The molecule has 1 amide bonds. The summed E-state index contributed by atoms with van der Waals surface area (Å²) in [6.07, 6.45) is 3.29. The third-order valence-corrected chi connectivity index (χ3v) is 2.57. The van der Waals surface area contributed by atoms with Crippen LogP contribution in [0.4, 0.5) is 0 Å². The maximum atomic E-state index is 11.9. The van der Waals surface area contributed by atoms with Crippen molar-refractivity contribution in [2.24, 2.45) is 0 Å². The number of benzene rings is 1. The van der Waals surface area contributed by atoms with Gasteiger partial charge in [0.1, 0.15) is 0 Å². The molecule has 2 N–H and O–H groups in total. The lowest BCUT2D eigenvalue weighted by atomic mass is 10.1. The SMILES string of the molecule is O=C(O)c1cccc(C(=O)NCc2ccncc2)c1. The average molecular weight is 256 g/mol. The normalized spacial score (nSPS) is 9.89. The standard InChI is InChI=1S/C14H12N2O3/c17-13(16-9-10-4-6-15-7-5-10)11-2-1-3-12(8-11)14(18)19/h1-8H,9H2,(H,16,17)(H,18,19). The maximum absolute atomic E-state index is 11.9. The van der Waals surface area contributed by atoms with Crippen LogP contribution in [0.1, 0.15) is 26.3 Å². The molecule has 5 nitrogen and oxygen atoms in total. The van der Waals surface area contributed by atoms with Crippen LogP contribution in [0, 0.1) is 0 Å². The van der Waals surface area contributed by atoms with Gasteiger partial charge in [0, 0.05) is 24.5 Å². The smallest absolute Gasteiger partial charge is 0.335 e. The van der Waals surface area contributed by atoms with Gasteiger partial charge in [0.05, 0.1) is 5.56 Å². The van der Waals surface area contributed by atoms with Crippen molar-refractivity contribution in [3.8, 4) is 0 Å². The lowest BCUT2D eigenvalue weighted by molar-refractivity contribution is 0.0697. The maximum Gasteiger partial charge on any atom is 0.335 e. The number of pyridine rings is 1. The molecule has 0 unspecified atom stereocenters. The highest BCUT2D eigenvalue weighted by Crippen LogP contribution is 2.06. The number of hydrogen-bond acceptors (Lipinski definition) is 3. The molecular formula is C14H12N2O3. The zero-order chi connectivity index (χ0) is 13.7. The summed E-state index contributed by atoms with van der Waals surface area (Å²) < 4.78 is 0. The molecule has 0 spiro atoms. The van der Waals surface area contributed by atoms with E-state index < -0.39 is 5.97 Å². The number of amides is 1. The van der Waals surface area contributed by atoms with Crippen molar-refractivity contribution in [2.45, 2.75) is 6.54 Å². The molecule has 19 heavy (non-hydrogen) atoms. The first-order chi connectivity index (χ1) is 9.16. The van der Waals surface area contributed by atoms with Crippen LogP contribution in [0.3, 0.4) is 0 Å². The second-order valence-electron chi connectivity index (χ2n) is 3.92. The van der Waals surface area contributed by atoms with E-state index in [2.05, 4.69) is 10.3 Å². The predicted octanol–water partition coefficient (Wildman–Crippen LogP) is 1.71. The minimum atomic E-state index is -1.05. The van der Waals surface area contributed by atoms with E-state index in [9.17, 15) is 9.59 Å². The molecule has 0 aliphatic rings. The number of aromatic carboxylic acids is 1. The quantitative estimate of drug-likeness (QED) is 0.872. The molecule has 0 radical (unpaired) electrons. The van der Waals surface area contributed by atoms with Crippen LogP contribution in [-0.4, -0.2) is 22.0 Å². The van der Waals surface area contributed by atoms with Crippen LogP contribution in [0.15, 0.2) is 48.8 Å². The van der Waals surface area contributed by atoms with Gasteiger partial charge in [-0.25, -0.2) is 4.79 Å². The van der Waals surface area contributed by atoms with E-state index in [0.29, 0.717) is 12.1 Å². The van der Waals surface area contributed by atoms with E-state index in [-0.39, 0.29) is 11.5 Å². The second-order valence-corrected chi connectivity index (χ2v) is 3.92. The van der Waals surface area contributed by atoms with Crippen LogP contribution >= 0.6 is 0 Å². The molecule has 1 aromatic heterocycles.